The van der Waals surface area contributed by atoms with Crippen molar-refractivity contribution in [2.24, 2.45) is 0 Å². The number of methoxy groups -OCH3 is 2. The normalized spacial score (nSPS) is 14.3. The molecule has 4 rings (SSSR count). The van der Waals surface area contributed by atoms with Gasteiger partial charge in [-0.05, 0) is 71.4 Å². The van der Waals surface area contributed by atoms with Crippen molar-refractivity contribution >= 4 is 63.8 Å². The van der Waals surface area contributed by atoms with Crippen LogP contribution in [0.1, 0.15) is 21.5 Å². The number of nitrogens with zero attached hydrogens (tertiary/aromatic N) is 1. The third kappa shape index (κ3) is 6.02. The van der Waals surface area contributed by atoms with Gasteiger partial charge in [-0.3, -0.25) is 19.3 Å². The number of hydrogen-bond acceptors (Lipinski definition) is 7. The Morgan fingerprint density at radius 2 is 1.70 bits per heavy atom. The number of carbonyl (C=O) groups excluding carboxylic acids is 3. The highest BCUT2D eigenvalue weighted by atomic mass is 35.5. The molecule has 3 amide bonds. The number of anilines is 1. The predicted octanol–water partition coefficient (Wildman–Crippen LogP) is 6.21. The third-order valence-electron chi connectivity index (χ3n) is 5.34. The summed E-state index contributed by atoms with van der Waals surface area (Å²) in [4.78, 5) is 39.6. The van der Waals surface area contributed by atoms with Gasteiger partial charge < -0.3 is 19.9 Å². The van der Waals surface area contributed by atoms with Gasteiger partial charge in [-0.15, -0.1) is 0 Å². The molecule has 1 aliphatic rings. The maximum Gasteiger partial charge on any atom is 0.293 e. The Morgan fingerprint density at radius 3 is 2.38 bits per heavy atom. The van der Waals surface area contributed by atoms with E-state index < -0.39 is 17.1 Å². The Morgan fingerprint density at radius 1 is 1.00 bits per heavy atom. The molecule has 1 aliphatic heterocycles. The fourth-order valence-corrected chi connectivity index (χ4v) is 5.02. The Bertz CT molecular complexity index is 1420. The SMILES string of the molecule is COc1ccc(NC(=O)c2cc(/C=C3/SC(=O)N(Cc4cc(Cl)cc(Cl)c4)C3=O)ccc2O)cc1OC. The minimum absolute atomic E-state index is 0.0108. The highest BCUT2D eigenvalue weighted by Crippen LogP contribution is 2.35. The van der Waals surface area contributed by atoms with Crippen LogP contribution in [0.25, 0.3) is 6.08 Å². The van der Waals surface area contributed by atoms with Crippen molar-refractivity contribution in [3.63, 3.8) is 0 Å². The Kier molecular flexibility index (Phi) is 7.97. The number of rotatable bonds is 7. The number of amides is 3. The van der Waals surface area contributed by atoms with Crippen LogP contribution in [0, 0.1) is 0 Å². The maximum absolute atomic E-state index is 12.9. The lowest BCUT2D eigenvalue weighted by Crippen LogP contribution is -2.27. The molecule has 0 aromatic heterocycles. The van der Waals surface area contributed by atoms with Gasteiger partial charge in [0.2, 0.25) is 0 Å². The summed E-state index contributed by atoms with van der Waals surface area (Å²) >= 11 is 12.8. The summed E-state index contributed by atoms with van der Waals surface area (Å²) in [6.45, 7) is 0.0108. The molecule has 11 heteroatoms. The van der Waals surface area contributed by atoms with Crippen LogP contribution >= 0.6 is 35.0 Å². The fourth-order valence-electron chi connectivity index (χ4n) is 3.61. The predicted molar refractivity (Wildman–Crippen MR) is 144 cm³/mol. The molecule has 8 nitrogen and oxygen atoms in total. The molecular weight excluding hydrogens is 539 g/mol. The zero-order valence-corrected chi connectivity index (χ0v) is 21.9. The standard InChI is InChI=1S/C26H20Cl2N2O6S/c1-35-21-6-4-18(12-22(21)36-2)29-24(32)19-9-14(3-5-20(19)31)10-23-25(33)30(26(34)37-23)13-15-7-16(27)11-17(28)8-15/h3-12,31H,13H2,1-2H3,(H,29,32)/b23-10+. The summed E-state index contributed by atoms with van der Waals surface area (Å²) in [5.41, 5.74) is 1.47. The molecule has 3 aromatic rings. The van der Waals surface area contributed by atoms with Crippen LogP contribution in [0.15, 0.2) is 59.5 Å². The summed E-state index contributed by atoms with van der Waals surface area (Å²) in [6.07, 6.45) is 1.49. The van der Waals surface area contributed by atoms with Crippen LogP contribution in [0.2, 0.25) is 10.0 Å². The van der Waals surface area contributed by atoms with Crippen LogP contribution in [0.5, 0.6) is 17.2 Å². The van der Waals surface area contributed by atoms with E-state index in [1.165, 1.54) is 38.5 Å². The number of thioether (sulfide) groups is 1. The number of aromatic hydroxyl groups is 1. The van der Waals surface area contributed by atoms with Gasteiger partial charge in [0.05, 0.1) is 31.2 Å². The first-order chi connectivity index (χ1) is 17.7. The quantitative estimate of drug-likeness (QED) is 0.332. The molecule has 37 heavy (non-hydrogen) atoms. The molecule has 0 unspecified atom stereocenters. The molecule has 0 aliphatic carbocycles. The first-order valence-corrected chi connectivity index (χ1v) is 12.3. The van der Waals surface area contributed by atoms with Crippen molar-refractivity contribution in [1.29, 1.82) is 0 Å². The van der Waals surface area contributed by atoms with Gasteiger partial charge in [0.25, 0.3) is 17.1 Å². The molecule has 0 atom stereocenters. The minimum atomic E-state index is -0.578. The molecule has 3 aromatic carbocycles. The number of nitrogens with one attached hydrogen (secondary N) is 1. The largest absolute Gasteiger partial charge is 0.507 e. The van der Waals surface area contributed by atoms with Crippen LogP contribution in [0.3, 0.4) is 0 Å². The van der Waals surface area contributed by atoms with Gasteiger partial charge in [0.15, 0.2) is 11.5 Å². The lowest BCUT2D eigenvalue weighted by molar-refractivity contribution is -0.123. The van der Waals surface area contributed by atoms with Crippen LogP contribution < -0.4 is 14.8 Å². The molecular formula is C26H20Cl2N2O6S. The summed E-state index contributed by atoms with van der Waals surface area (Å²) in [5.74, 6) is -0.394. The molecule has 1 fully saturated rings. The number of benzene rings is 3. The highest BCUT2D eigenvalue weighted by Gasteiger charge is 2.35. The van der Waals surface area contributed by atoms with Crippen molar-refractivity contribution in [1.82, 2.24) is 4.90 Å². The van der Waals surface area contributed by atoms with E-state index in [2.05, 4.69) is 5.32 Å². The van der Waals surface area contributed by atoms with Crippen LogP contribution in [-0.4, -0.2) is 41.3 Å². The Hall–Kier alpha value is -3.66. The number of carbonyl (C=O) groups is 3. The second-order valence-electron chi connectivity index (χ2n) is 7.85. The molecule has 0 saturated carbocycles. The molecule has 0 radical (unpaired) electrons. The first kappa shape index (κ1) is 26.4. The fraction of sp³-hybridized carbons (Fsp3) is 0.115. The van der Waals surface area contributed by atoms with Crippen LogP contribution in [0.4, 0.5) is 10.5 Å². The van der Waals surface area contributed by atoms with E-state index in [4.69, 9.17) is 32.7 Å². The maximum atomic E-state index is 12.9. The van der Waals surface area contributed by atoms with Gasteiger partial charge in [-0.2, -0.15) is 0 Å². The van der Waals surface area contributed by atoms with Crippen molar-refractivity contribution in [2.45, 2.75) is 6.54 Å². The monoisotopic (exact) mass is 558 g/mol. The van der Waals surface area contributed by atoms with Crippen LogP contribution in [-0.2, 0) is 11.3 Å². The van der Waals surface area contributed by atoms with Crippen molar-refractivity contribution in [3.05, 3.63) is 86.2 Å². The Balaban J connectivity index is 1.54. The van der Waals surface area contributed by atoms with Gasteiger partial charge in [-0.1, -0.05) is 29.3 Å². The lowest BCUT2D eigenvalue weighted by Gasteiger charge is -2.13. The first-order valence-electron chi connectivity index (χ1n) is 10.7. The second-order valence-corrected chi connectivity index (χ2v) is 9.71. The number of phenolic OH excluding ortho intramolecular Hbond substituents is 1. The minimum Gasteiger partial charge on any atom is -0.507 e. The zero-order valence-electron chi connectivity index (χ0n) is 19.6. The summed E-state index contributed by atoms with van der Waals surface area (Å²) in [6, 6.07) is 14.0. The van der Waals surface area contributed by atoms with E-state index in [0.717, 1.165) is 16.7 Å². The molecule has 190 valence electrons. The van der Waals surface area contributed by atoms with Gasteiger partial charge in [0, 0.05) is 21.8 Å². The van der Waals surface area contributed by atoms with Crippen molar-refractivity contribution in [3.8, 4) is 17.2 Å². The molecule has 1 saturated heterocycles. The summed E-state index contributed by atoms with van der Waals surface area (Å²) in [5, 5.41) is 13.3. The lowest BCUT2D eigenvalue weighted by atomic mass is 10.1. The van der Waals surface area contributed by atoms with E-state index in [-0.39, 0.29) is 22.8 Å². The third-order valence-corrected chi connectivity index (χ3v) is 6.68. The topological polar surface area (TPSA) is 105 Å². The van der Waals surface area contributed by atoms with Crippen molar-refractivity contribution in [2.75, 3.05) is 19.5 Å². The average Bonchev–Trinajstić information content (AvgIpc) is 3.11. The van der Waals surface area contributed by atoms with Crippen molar-refractivity contribution < 1.29 is 29.0 Å². The molecule has 0 spiro atoms. The van der Waals surface area contributed by atoms with E-state index in [0.29, 0.717) is 38.4 Å². The smallest absolute Gasteiger partial charge is 0.293 e. The second kappa shape index (κ2) is 11.2. The molecule has 1 heterocycles. The Labute approximate surface area is 226 Å². The van der Waals surface area contributed by atoms with E-state index in [1.807, 2.05) is 0 Å². The summed E-state index contributed by atoms with van der Waals surface area (Å²) < 4.78 is 10.4. The number of imide groups is 1. The molecule has 0 bridgehead atoms. The van der Waals surface area contributed by atoms with Gasteiger partial charge >= 0.3 is 0 Å². The average molecular weight is 559 g/mol. The summed E-state index contributed by atoms with van der Waals surface area (Å²) in [7, 11) is 2.98. The van der Waals surface area contributed by atoms with Gasteiger partial charge in [-0.25, -0.2) is 0 Å². The number of phenols is 1. The number of halogens is 2. The van der Waals surface area contributed by atoms with E-state index in [1.54, 1.807) is 36.4 Å². The number of hydrogen-bond donors (Lipinski definition) is 2. The zero-order chi connectivity index (χ0) is 26.7. The highest BCUT2D eigenvalue weighted by molar-refractivity contribution is 8.18. The van der Waals surface area contributed by atoms with E-state index >= 15 is 0 Å². The number of ether oxygens (including phenoxy) is 2. The molecule has 2 N–H and O–H groups in total. The van der Waals surface area contributed by atoms with E-state index in [9.17, 15) is 19.5 Å². The van der Waals surface area contributed by atoms with Gasteiger partial charge in [0.1, 0.15) is 5.75 Å².